The Morgan fingerprint density at radius 2 is 1.72 bits per heavy atom. The molecular formula is C18H11F6N5O3. The number of nitrogens with zero attached hydrogens (tertiary/aromatic N) is 4. The van der Waals surface area contributed by atoms with E-state index < -0.39 is 46.5 Å². The van der Waals surface area contributed by atoms with Gasteiger partial charge in [-0.3, -0.25) is 13.8 Å². The summed E-state index contributed by atoms with van der Waals surface area (Å²) in [6.07, 6.45) is -8.35. The summed E-state index contributed by atoms with van der Waals surface area (Å²) in [5.41, 5.74) is -5.59. The predicted octanol–water partition coefficient (Wildman–Crippen LogP) is 3.58. The summed E-state index contributed by atoms with van der Waals surface area (Å²) in [5.74, 6) is -1.29. The largest absolute Gasteiger partial charge is 0.461 e. The summed E-state index contributed by atoms with van der Waals surface area (Å²) in [6.45, 7) is 1.21. The molecule has 0 aliphatic heterocycles. The van der Waals surface area contributed by atoms with Crippen LogP contribution < -0.4 is 5.56 Å². The van der Waals surface area contributed by atoms with Crippen LogP contribution in [-0.2, 0) is 17.1 Å². The van der Waals surface area contributed by atoms with E-state index in [-0.39, 0.29) is 23.3 Å². The average Bonchev–Trinajstić information content (AvgIpc) is 3.33. The highest BCUT2D eigenvalue weighted by molar-refractivity contribution is 5.90. The Balaban J connectivity index is 1.99. The molecule has 1 aromatic carbocycles. The van der Waals surface area contributed by atoms with Crippen LogP contribution in [0.1, 0.15) is 28.8 Å². The number of H-pyrrole nitrogens is 1. The van der Waals surface area contributed by atoms with Gasteiger partial charge in [0.1, 0.15) is 18.2 Å². The molecule has 3 aromatic heterocycles. The standard InChI is InChI=1S/C18H11F6N5O3/c1-2-32-16(31)12-14(18(22,23)24)25-6-28(12)8-3-4-9-10(5-8)29-7-26-13(17(19,20)21)11(29)15(30)27-9/h3-7H,2H2,1H3,(H,27,30). The number of halogens is 6. The number of carbonyl (C=O) groups is 1. The highest BCUT2D eigenvalue weighted by Gasteiger charge is 2.41. The van der Waals surface area contributed by atoms with Crippen LogP contribution in [0.5, 0.6) is 0 Å². The first-order valence-electron chi connectivity index (χ1n) is 8.85. The molecule has 0 radical (unpaired) electrons. The van der Waals surface area contributed by atoms with Crippen molar-refractivity contribution in [3.05, 3.63) is 58.3 Å². The van der Waals surface area contributed by atoms with Gasteiger partial charge in [-0.15, -0.1) is 0 Å². The van der Waals surface area contributed by atoms with Crippen molar-refractivity contribution in [1.29, 1.82) is 0 Å². The van der Waals surface area contributed by atoms with E-state index in [0.717, 1.165) is 21.6 Å². The van der Waals surface area contributed by atoms with E-state index in [0.29, 0.717) is 0 Å². The summed E-state index contributed by atoms with van der Waals surface area (Å²) < 4.78 is 86.1. The van der Waals surface area contributed by atoms with Gasteiger partial charge in [0.15, 0.2) is 17.1 Å². The normalized spacial score (nSPS) is 12.6. The van der Waals surface area contributed by atoms with Gasteiger partial charge in [-0.2, -0.15) is 26.3 Å². The summed E-state index contributed by atoms with van der Waals surface area (Å²) in [4.78, 5) is 33.2. The van der Waals surface area contributed by atoms with Crippen molar-refractivity contribution in [3.63, 3.8) is 0 Å². The van der Waals surface area contributed by atoms with Crippen molar-refractivity contribution in [2.45, 2.75) is 19.3 Å². The molecule has 0 saturated heterocycles. The van der Waals surface area contributed by atoms with Crippen molar-refractivity contribution >= 4 is 22.5 Å². The van der Waals surface area contributed by atoms with Crippen LogP contribution in [-0.4, -0.2) is 36.5 Å². The van der Waals surface area contributed by atoms with Gasteiger partial charge < -0.3 is 9.72 Å². The lowest BCUT2D eigenvalue weighted by Crippen LogP contribution is -2.18. The number of nitrogens with one attached hydrogen (secondary N) is 1. The number of benzene rings is 1. The molecule has 1 N–H and O–H groups in total. The molecule has 4 rings (SSSR count). The average molecular weight is 459 g/mol. The van der Waals surface area contributed by atoms with E-state index in [4.69, 9.17) is 4.74 Å². The first kappa shape index (κ1) is 21.4. The highest BCUT2D eigenvalue weighted by atomic mass is 19.4. The fraction of sp³-hybridized carbons (Fsp3) is 0.222. The lowest BCUT2D eigenvalue weighted by Gasteiger charge is -2.12. The Morgan fingerprint density at radius 3 is 2.34 bits per heavy atom. The lowest BCUT2D eigenvalue weighted by molar-refractivity contribution is -0.141. The topological polar surface area (TPSA) is 94.3 Å². The third kappa shape index (κ3) is 3.36. The number of aromatic nitrogens is 5. The smallest absolute Gasteiger partial charge is 0.435 e. The van der Waals surface area contributed by atoms with Crippen LogP contribution >= 0.6 is 0 Å². The molecule has 0 unspecified atom stereocenters. The monoisotopic (exact) mass is 459 g/mol. The van der Waals surface area contributed by atoms with Crippen LogP contribution in [0.3, 0.4) is 0 Å². The molecule has 0 atom stereocenters. The molecule has 0 fully saturated rings. The van der Waals surface area contributed by atoms with Crippen LogP contribution in [0.15, 0.2) is 35.6 Å². The van der Waals surface area contributed by atoms with Crippen molar-refractivity contribution in [2.24, 2.45) is 0 Å². The van der Waals surface area contributed by atoms with Crippen LogP contribution in [0, 0.1) is 0 Å². The van der Waals surface area contributed by atoms with E-state index in [1.807, 2.05) is 0 Å². The van der Waals surface area contributed by atoms with Gasteiger partial charge in [0.2, 0.25) is 0 Å². The first-order valence-corrected chi connectivity index (χ1v) is 8.85. The number of rotatable bonds is 3. The van der Waals surface area contributed by atoms with E-state index in [1.54, 1.807) is 0 Å². The molecule has 0 aliphatic carbocycles. The zero-order chi connectivity index (χ0) is 23.4. The zero-order valence-corrected chi connectivity index (χ0v) is 15.9. The molecule has 4 aromatic rings. The number of esters is 1. The Hall–Kier alpha value is -3.84. The molecular weight excluding hydrogens is 448 g/mol. The third-order valence-electron chi connectivity index (χ3n) is 4.52. The van der Waals surface area contributed by atoms with E-state index in [9.17, 15) is 35.9 Å². The number of alkyl halides is 6. The Labute approximate surface area is 173 Å². The number of carbonyl (C=O) groups excluding carboxylic acids is 1. The van der Waals surface area contributed by atoms with Gasteiger partial charge in [-0.1, -0.05) is 0 Å². The summed E-state index contributed by atoms with van der Waals surface area (Å²) in [7, 11) is 0. The van der Waals surface area contributed by atoms with E-state index >= 15 is 0 Å². The maximum atomic E-state index is 13.4. The first-order chi connectivity index (χ1) is 14.9. The van der Waals surface area contributed by atoms with Crippen molar-refractivity contribution in [1.82, 2.24) is 23.9 Å². The highest BCUT2D eigenvalue weighted by Crippen LogP contribution is 2.34. The van der Waals surface area contributed by atoms with Gasteiger partial charge in [-0.25, -0.2) is 14.8 Å². The number of fused-ring (bicyclic) bond motifs is 3. The minimum absolute atomic E-state index is 0.00262. The molecule has 14 heteroatoms. The summed E-state index contributed by atoms with van der Waals surface area (Å²) >= 11 is 0. The fourth-order valence-corrected chi connectivity index (χ4v) is 3.26. The molecule has 0 amide bonds. The van der Waals surface area contributed by atoms with Crippen LogP contribution in [0.2, 0.25) is 0 Å². The number of hydrogen-bond donors (Lipinski definition) is 1. The molecule has 0 aliphatic rings. The van der Waals surface area contributed by atoms with Crippen LogP contribution in [0.25, 0.3) is 22.2 Å². The molecule has 0 saturated carbocycles. The molecule has 168 valence electrons. The maximum absolute atomic E-state index is 13.4. The third-order valence-corrected chi connectivity index (χ3v) is 4.52. The Bertz CT molecular complexity index is 1410. The van der Waals surface area contributed by atoms with Gasteiger partial charge in [0.05, 0.1) is 17.6 Å². The molecule has 0 spiro atoms. The molecule has 3 heterocycles. The van der Waals surface area contributed by atoms with E-state index in [1.165, 1.54) is 25.1 Å². The lowest BCUT2D eigenvalue weighted by atomic mass is 10.2. The number of aromatic amines is 1. The Kier molecular flexibility index (Phi) is 4.75. The molecule has 8 nitrogen and oxygen atoms in total. The van der Waals surface area contributed by atoms with Crippen LogP contribution in [0.4, 0.5) is 26.3 Å². The summed E-state index contributed by atoms with van der Waals surface area (Å²) in [5, 5.41) is 0. The number of ether oxygens (including phenoxy) is 1. The second-order valence-electron chi connectivity index (χ2n) is 6.50. The minimum atomic E-state index is -4.96. The second-order valence-corrected chi connectivity index (χ2v) is 6.50. The minimum Gasteiger partial charge on any atom is -0.461 e. The summed E-state index contributed by atoms with van der Waals surface area (Å²) in [6, 6.07) is 3.71. The maximum Gasteiger partial charge on any atom is 0.435 e. The molecule has 32 heavy (non-hydrogen) atoms. The van der Waals surface area contributed by atoms with Crippen molar-refractivity contribution < 1.29 is 35.9 Å². The van der Waals surface area contributed by atoms with Gasteiger partial charge in [-0.05, 0) is 25.1 Å². The quantitative estimate of drug-likeness (QED) is 0.374. The Morgan fingerprint density at radius 1 is 1.06 bits per heavy atom. The molecule has 0 bridgehead atoms. The predicted molar refractivity (Wildman–Crippen MR) is 96.4 cm³/mol. The van der Waals surface area contributed by atoms with Gasteiger partial charge in [0.25, 0.3) is 5.56 Å². The fourth-order valence-electron chi connectivity index (χ4n) is 3.26. The van der Waals surface area contributed by atoms with E-state index in [2.05, 4.69) is 15.0 Å². The second kappa shape index (κ2) is 7.10. The number of imidazole rings is 2. The van der Waals surface area contributed by atoms with Gasteiger partial charge >= 0.3 is 18.3 Å². The van der Waals surface area contributed by atoms with Gasteiger partial charge in [0, 0.05) is 5.69 Å². The van der Waals surface area contributed by atoms with Crippen molar-refractivity contribution in [3.8, 4) is 5.69 Å². The number of hydrogen-bond acceptors (Lipinski definition) is 5. The van der Waals surface area contributed by atoms with Crippen molar-refractivity contribution in [2.75, 3.05) is 6.61 Å². The zero-order valence-electron chi connectivity index (χ0n) is 15.9. The SMILES string of the molecule is CCOC(=O)c1c(C(F)(F)F)ncn1-c1ccc2[nH]c(=O)c3c(C(F)(F)F)ncn3c2c1.